The van der Waals surface area contributed by atoms with E-state index in [1.807, 2.05) is 0 Å². The highest BCUT2D eigenvalue weighted by molar-refractivity contribution is 6.21. The third-order valence-electron chi connectivity index (χ3n) is 19.3. The quantitative estimate of drug-likeness (QED) is 0.142. The molecular weight excluding hydrogens is 985 g/mol. The molecule has 0 saturated heterocycles. The molecule has 0 bridgehead atoms. The fraction of sp³-hybridized carbons (Fsp3) is 0.0488. The van der Waals surface area contributed by atoms with Crippen LogP contribution in [-0.2, 0) is 21.7 Å². The standard InChI is InChI=1S/C82H54/c1-9-33-59(34-10-1)79(60-35-11-2-12-36-60)71-51-57-31-27-25-29-55(57)49-67(71)75-77(79)69-53-74-70(54-73(69)81(75,63-41-17-5-18-42-63)64-43-19-6-20-44-64)78-76(82(74,65-45-21-7-22-46-65)66-47-23-8-24-48-66)68-50-56-30-26-28-32-58(56)52-72(68)80(78,61-37-13-3-14-38-61)62-39-15-4-16-40-62/h1-54H. The van der Waals surface area contributed by atoms with E-state index in [0.717, 1.165) is 0 Å². The largest absolute Gasteiger partial charge is 0.0717 e. The predicted molar refractivity (Wildman–Crippen MR) is 339 cm³/mol. The molecular formula is C82H54. The van der Waals surface area contributed by atoms with Crippen molar-refractivity contribution in [2.75, 3.05) is 0 Å². The lowest BCUT2D eigenvalue weighted by Gasteiger charge is -2.40. The van der Waals surface area contributed by atoms with Crippen LogP contribution in [0.1, 0.15) is 89.0 Å². The molecule has 382 valence electrons. The zero-order valence-corrected chi connectivity index (χ0v) is 45.2. The lowest BCUT2D eigenvalue weighted by atomic mass is 9.61. The Morgan fingerprint density at radius 1 is 0.146 bits per heavy atom. The van der Waals surface area contributed by atoms with Crippen molar-refractivity contribution in [3.05, 3.63) is 417 Å². The van der Waals surface area contributed by atoms with Crippen LogP contribution in [0.3, 0.4) is 0 Å². The van der Waals surface area contributed by atoms with Gasteiger partial charge in [-0.3, -0.25) is 0 Å². The van der Waals surface area contributed by atoms with E-state index in [9.17, 15) is 0 Å². The van der Waals surface area contributed by atoms with Crippen molar-refractivity contribution in [3.8, 4) is 0 Å². The molecule has 0 atom stereocenters. The van der Waals surface area contributed by atoms with Crippen molar-refractivity contribution < 1.29 is 0 Å². The van der Waals surface area contributed by atoms with E-state index in [1.54, 1.807) is 0 Å². The van der Waals surface area contributed by atoms with E-state index in [4.69, 9.17) is 0 Å². The van der Waals surface area contributed by atoms with Gasteiger partial charge in [-0.25, -0.2) is 0 Å². The summed E-state index contributed by atoms with van der Waals surface area (Å²) in [5, 5.41) is 4.92. The smallest absolute Gasteiger partial charge is 0.0622 e. The molecule has 0 heterocycles. The SMILES string of the molecule is c1ccc(C2(c3ccccc3)C3=C(c4cc5c(cc42)C2=C(c4cc6ccccc6cc4C2(c2ccccc2)c2ccccc2)C5(c2ccccc2)c2ccccc2)C(c2ccccc2)(c2ccccc2)c2cc4ccccc4cc23)cc1. The average Bonchev–Trinajstić information content (AvgIpc) is 2.61. The first-order valence-electron chi connectivity index (χ1n) is 28.9. The molecule has 0 spiro atoms. The summed E-state index contributed by atoms with van der Waals surface area (Å²) in [6.45, 7) is 0. The molecule has 0 heteroatoms. The van der Waals surface area contributed by atoms with Crippen LogP contribution >= 0.6 is 0 Å². The van der Waals surface area contributed by atoms with Crippen LogP contribution in [0.4, 0.5) is 0 Å². The summed E-state index contributed by atoms with van der Waals surface area (Å²) >= 11 is 0. The van der Waals surface area contributed by atoms with E-state index < -0.39 is 21.7 Å². The summed E-state index contributed by atoms with van der Waals surface area (Å²) in [7, 11) is 0. The van der Waals surface area contributed by atoms with Gasteiger partial charge >= 0.3 is 0 Å². The van der Waals surface area contributed by atoms with Crippen LogP contribution in [0.25, 0.3) is 43.8 Å². The molecule has 4 aliphatic carbocycles. The minimum atomic E-state index is -0.793. The van der Waals surface area contributed by atoms with Crippen molar-refractivity contribution in [3.63, 3.8) is 0 Å². The third kappa shape index (κ3) is 5.95. The van der Waals surface area contributed by atoms with Crippen molar-refractivity contribution in [1.82, 2.24) is 0 Å². The summed E-state index contributed by atoms with van der Waals surface area (Å²) in [4.78, 5) is 0. The van der Waals surface area contributed by atoms with Gasteiger partial charge in [0.25, 0.3) is 0 Å². The normalized spacial score (nSPS) is 16.1. The first-order chi connectivity index (χ1) is 40.7. The fourth-order valence-electron chi connectivity index (χ4n) is 16.4. The van der Waals surface area contributed by atoms with E-state index in [-0.39, 0.29) is 0 Å². The highest BCUT2D eigenvalue weighted by Gasteiger charge is 2.64. The molecule has 13 aromatic rings. The molecule has 0 nitrogen and oxygen atoms in total. The van der Waals surface area contributed by atoms with E-state index in [0.29, 0.717) is 0 Å². The van der Waals surface area contributed by atoms with Crippen LogP contribution < -0.4 is 0 Å². The summed E-state index contributed by atoms with van der Waals surface area (Å²) < 4.78 is 0. The molecule has 0 fully saturated rings. The van der Waals surface area contributed by atoms with Crippen molar-refractivity contribution in [1.29, 1.82) is 0 Å². The Balaban J connectivity index is 1.14. The van der Waals surface area contributed by atoms with Gasteiger partial charge in [-0.05, 0) is 169 Å². The Morgan fingerprint density at radius 2 is 0.305 bits per heavy atom. The Hall–Kier alpha value is -10.1. The van der Waals surface area contributed by atoms with Crippen molar-refractivity contribution in [2.24, 2.45) is 0 Å². The summed E-state index contributed by atoms with van der Waals surface area (Å²) in [6.07, 6.45) is 0. The molecule has 0 N–H and O–H groups in total. The first-order valence-corrected chi connectivity index (χ1v) is 28.9. The molecule has 0 aromatic heterocycles. The maximum atomic E-state index is 2.74. The van der Waals surface area contributed by atoms with Gasteiger partial charge in [-0.1, -0.05) is 291 Å². The highest BCUT2D eigenvalue weighted by Crippen LogP contribution is 2.74. The molecule has 0 saturated carbocycles. The first kappa shape index (κ1) is 46.7. The summed E-state index contributed by atoms with van der Waals surface area (Å²) in [5.41, 5.74) is 22.6. The number of allylic oxidation sites excluding steroid dienone is 4. The zero-order chi connectivity index (χ0) is 54.0. The second-order valence-electron chi connectivity index (χ2n) is 22.9. The number of hydrogen-bond donors (Lipinski definition) is 0. The van der Waals surface area contributed by atoms with Crippen LogP contribution in [0, 0.1) is 0 Å². The van der Waals surface area contributed by atoms with Gasteiger partial charge in [-0.15, -0.1) is 0 Å². The number of rotatable bonds is 8. The van der Waals surface area contributed by atoms with Crippen LogP contribution in [0.5, 0.6) is 0 Å². The molecule has 13 aromatic carbocycles. The van der Waals surface area contributed by atoms with Gasteiger partial charge in [0.2, 0.25) is 0 Å². The van der Waals surface area contributed by atoms with E-state index in [1.165, 1.54) is 133 Å². The van der Waals surface area contributed by atoms with Gasteiger partial charge in [0, 0.05) is 0 Å². The second-order valence-corrected chi connectivity index (χ2v) is 22.9. The van der Waals surface area contributed by atoms with E-state index in [2.05, 4.69) is 328 Å². The lowest BCUT2D eigenvalue weighted by molar-refractivity contribution is 0.782. The molecule has 0 radical (unpaired) electrons. The minimum absolute atomic E-state index is 0.744. The second kappa shape index (κ2) is 17.7. The Bertz CT molecular complexity index is 4270. The van der Waals surface area contributed by atoms with Gasteiger partial charge in [0.05, 0.1) is 21.7 Å². The molecule has 17 rings (SSSR count). The maximum Gasteiger partial charge on any atom is 0.0717 e. The van der Waals surface area contributed by atoms with Crippen molar-refractivity contribution in [2.45, 2.75) is 21.7 Å². The lowest BCUT2D eigenvalue weighted by Crippen LogP contribution is -2.33. The third-order valence-corrected chi connectivity index (χ3v) is 19.3. The summed E-state index contributed by atoms with van der Waals surface area (Å²) in [5.74, 6) is 0. The zero-order valence-electron chi connectivity index (χ0n) is 45.2. The fourth-order valence-corrected chi connectivity index (χ4v) is 16.4. The van der Waals surface area contributed by atoms with Gasteiger partial charge < -0.3 is 0 Å². The Morgan fingerprint density at radius 3 is 0.512 bits per heavy atom. The molecule has 82 heavy (non-hydrogen) atoms. The molecule has 4 aliphatic rings. The summed E-state index contributed by atoms with van der Waals surface area (Å²) in [6, 6.07) is 126. The van der Waals surface area contributed by atoms with Crippen LogP contribution in [0.2, 0.25) is 0 Å². The van der Waals surface area contributed by atoms with Gasteiger partial charge in [0.1, 0.15) is 0 Å². The minimum Gasteiger partial charge on any atom is -0.0622 e. The van der Waals surface area contributed by atoms with Crippen LogP contribution in [0.15, 0.2) is 328 Å². The molecule has 0 amide bonds. The Kier molecular flexibility index (Phi) is 10.1. The number of benzene rings is 13. The predicted octanol–water partition coefficient (Wildman–Crippen LogP) is 19.2. The topological polar surface area (TPSA) is 0 Å². The van der Waals surface area contributed by atoms with Crippen molar-refractivity contribution >= 4 is 43.8 Å². The highest BCUT2D eigenvalue weighted by atomic mass is 14.6. The van der Waals surface area contributed by atoms with E-state index >= 15 is 0 Å². The number of fused-ring (bicyclic) bond motifs is 10. The monoisotopic (exact) mass is 1040 g/mol. The average molecular weight is 1040 g/mol. The molecule has 0 aliphatic heterocycles. The van der Waals surface area contributed by atoms with Crippen LogP contribution in [-0.4, -0.2) is 0 Å². The Labute approximate surface area is 479 Å². The van der Waals surface area contributed by atoms with Gasteiger partial charge in [-0.2, -0.15) is 0 Å². The van der Waals surface area contributed by atoms with Gasteiger partial charge in [0.15, 0.2) is 0 Å². The maximum absolute atomic E-state index is 2.74. The number of hydrogen-bond acceptors (Lipinski definition) is 0. The molecule has 0 unspecified atom stereocenters.